The van der Waals surface area contributed by atoms with E-state index in [1.54, 1.807) is 13.0 Å². The Balaban J connectivity index is 0.000000861. The van der Waals surface area contributed by atoms with Crippen molar-refractivity contribution >= 4 is 17.3 Å². The lowest BCUT2D eigenvalue weighted by Crippen LogP contribution is -2.28. The minimum absolute atomic E-state index is 0.0146. The number of nitro benzene ring substituents is 1. The van der Waals surface area contributed by atoms with Crippen LogP contribution in [0.15, 0.2) is 18.2 Å². The molecule has 0 aromatic heterocycles. The van der Waals surface area contributed by atoms with Gasteiger partial charge in [-0.1, -0.05) is 19.9 Å². The highest BCUT2D eigenvalue weighted by atomic mass is 16.6. The Bertz CT molecular complexity index is 474. The van der Waals surface area contributed by atoms with Gasteiger partial charge in [0.25, 0.3) is 5.69 Å². The Morgan fingerprint density at radius 3 is 2.79 bits per heavy atom. The molecule has 1 aliphatic heterocycles. The van der Waals surface area contributed by atoms with Crippen LogP contribution >= 0.6 is 0 Å². The van der Waals surface area contributed by atoms with Crippen LogP contribution in [0.5, 0.6) is 0 Å². The van der Waals surface area contributed by atoms with E-state index in [1.165, 1.54) is 12.1 Å². The first kappa shape index (κ1) is 14.9. The summed E-state index contributed by atoms with van der Waals surface area (Å²) in [7, 11) is 0. The molecule has 1 aromatic carbocycles. The molecule has 1 aromatic rings. The van der Waals surface area contributed by atoms with Crippen molar-refractivity contribution in [2.24, 2.45) is 0 Å². The number of hydrogen-bond acceptors (Lipinski definition) is 5. The lowest BCUT2D eigenvalue weighted by atomic mass is 10.1. The maximum Gasteiger partial charge on any atom is 0.328 e. The van der Waals surface area contributed by atoms with Crippen LogP contribution in [-0.4, -0.2) is 23.5 Å². The SMILES string of the molecule is CC.CCOC(=O)C1Cc2ccc([N+](=O)[O-])cc2N1. The normalized spacial score (nSPS) is 15.6. The molecule has 0 bridgehead atoms. The van der Waals surface area contributed by atoms with Gasteiger partial charge in [-0.2, -0.15) is 0 Å². The second-order valence-corrected chi connectivity index (χ2v) is 3.75. The molecule has 0 radical (unpaired) electrons. The summed E-state index contributed by atoms with van der Waals surface area (Å²) < 4.78 is 4.90. The van der Waals surface area contributed by atoms with Crippen molar-refractivity contribution in [2.75, 3.05) is 11.9 Å². The summed E-state index contributed by atoms with van der Waals surface area (Å²) in [5.41, 5.74) is 1.55. The number of nitrogens with one attached hydrogen (secondary N) is 1. The highest BCUT2D eigenvalue weighted by Crippen LogP contribution is 2.29. The number of non-ortho nitro benzene ring substituents is 1. The molecule has 6 nitrogen and oxygen atoms in total. The lowest BCUT2D eigenvalue weighted by Gasteiger charge is -2.09. The second-order valence-electron chi connectivity index (χ2n) is 3.75. The van der Waals surface area contributed by atoms with Crippen LogP contribution < -0.4 is 5.32 Å². The molecule has 19 heavy (non-hydrogen) atoms. The van der Waals surface area contributed by atoms with Gasteiger partial charge in [-0.05, 0) is 12.5 Å². The molecular formula is C13H18N2O4. The topological polar surface area (TPSA) is 81.5 Å². The van der Waals surface area contributed by atoms with E-state index in [0.29, 0.717) is 18.7 Å². The molecule has 1 N–H and O–H groups in total. The quantitative estimate of drug-likeness (QED) is 0.516. The Hall–Kier alpha value is -2.11. The number of anilines is 1. The van der Waals surface area contributed by atoms with Crippen LogP contribution in [0, 0.1) is 10.1 Å². The summed E-state index contributed by atoms with van der Waals surface area (Å²) in [5, 5.41) is 13.5. The molecule has 6 heteroatoms. The Morgan fingerprint density at radius 1 is 1.53 bits per heavy atom. The molecular weight excluding hydrogens is 248 g/mol. The van der Waals surface area contributed by atoms with Gasteiger partial charge in [0.05, 0.1) is 11.5 Å². The van der Waals surface area contributed by atoms with E-state index in [0.717, 1.165) is 5.56 Å². The van der Waals surface area contributed by atoms with Crippen molar-refractivity contribution in [1.29, 1.82) is 0 Å². The van der Waals surface area contributed by atoms with Crippen LogP contribution in [0.1, 0.15) is 26.3 Å². The Labute approximate surface area is 111 Å². The van der Waals surface area contributed by atoms with Gasteiger partial charge in [-0.15, -0.1) is 0 Å². The molecule has 0 amide bonds. The van der Waals surface area contributed by atoms with Gasteiger partial charge in [-0.25, -0.2) is 4.79 Å². The van der Waals surface area contributed by atoms with E-state index >= 15 is 0 Å². The van der Waals surface area contributed by atoms with Gasteiger partial charge < -0.3 is 10.1 Å². The zero-order valence-electron chi connectivity index (χ0n) is 11.3. The molecule has 104 valence electrons. The van der Waals surface area contributed by atoms with Crippen molar-refractivity contribution in [3.63, 3.8) is 0 Å². The molecule has 2 rings (SSSR count). The number of carbonyl (C=O) groups excluding carboxylic acids is 1. The van der Waals surface area contributed by atoms with Crippen LogP contribution in [0.4, 0.5) is 11.4 Å². The molecule has 1 heterocycles. The first-order valence-corrected chi connectivity index (χ1v) is 6.32. The van der Waals surface area contributed by atoms with Crippen molar-refractivity contribution in [2.45, 2.75) is 33.2 Å². The van der Waals surface area contributed by atoms with Crippen LogP contribution in [0.3, 0.4) is 0 Å². The van der Waals surface area contributed by atoms with Crippen LogP contribution in [0.2, 0.25) is 0 Å². The van der Waals surface area contributed by atoms with E-state index in [9.17, 15) is 14.9 Å². The highest BCUT2D eigenvalue weighted by Gasteiger charge is 2.28. The number of nitro groups is 1. The van der Waals surface area contributed by atoms with Crippen LogP contribution in [0.25, 0.3) is 0 Å². The standard InChI is InChI=1S/C11H12N2O4.C2H6/c1-2-17-11(14)10-5-7-3-4-8(13(15)16)6-9(7)12-10;1-2/h3-4,6,10,12H,2,5H2,1H3;1-2H3. The monoisotopic (exact) mass is 266 g/mol. The fourth-order valence-corrected chi connectivity index (χ4v) is 1.83. The van der Waals surface area contributed by atoms with E-state index in [4.69, 9.17) is 4.74 Å². The Kier molecular flexibility index (Phi) is 5.29. The summed E-state index contributed by atoms with van der Waals surface area (Å²) in [6.07, 6.45) is 0.506. The summed E-state index contributed by atoms with van der Waals surface area (Å²) >= 11 is 0. The number of esters is 1. The molecule has 1 aliphatic rings. The molecule has 0 fully saturated rings. The maximum absolute atomic E-state index is 11.5. The van der Waals surface area contributed by atoms with Crippen molar-refractivity contribution in [1.82, 2.24) is 0 Å². The smallest absolute Gasteiger partial charge is 0.328 e. The zero-order chi connectivity index (χ0) is 14.4. The minimum Gasteiger partial charge on any atom is -0.464 e. The fraction of sp³-hybridized carbons (Fsp3) is 0.462. The summed E-state index contributed by atoms with van der Waals surface area (Å²) in [6, 6.07) is 4.11. The summed E-state index contributed by atoms with van der Waals surface area (Å²) in [6.45, 7) is 6.07. The van der Waals surface area contributed by atoms with Gasteiger partial charge in [0.1, 0.15) is 6.04 Å². The van der Waals surface area contributed by atoms with Crippen LogP contribution in [-0.2, 0) is 16.0 Å². The van der Waals surface area contributed by atoms with E-state index in [1.807, 2.05) is 13.8 Å². The third-order valence-corrected chi connectivity index (χ3v) is 2.63. The number of ether oxygens (including phenoxy) is 1. The number of carbonyl (C=O) groups is 1. The fourth-order valence-electron chi connectivity index (χ4n) is 1.83. The Morgan fingerprint density at radius 2 is 2.21 bits per heavy atom. The molecule has 0 saturated heterocycles. The third kappa shape index (κ3) is 3.43. The molecule has 1 unspecified atom stereocenters. The van der Waals surface area contributed by atoms with Gasteiger partial charge in [-0.3, -0.25) is 10.1 Å². The zero-order valence-corrected chi connectivity index (χ0v) is 11.3. The minimum atomic E-state index is -0.459. The first-order valence-electron chi connectivity index (χ1n) is 6.32. The average Bonchev–Trinajstić information content (AvgIpc) is 2.84. The van der Waals surface area contributed by atoms with Gasteiger partial charge in [0.15, 0.2) is 0 Å². The predicted molar refractivity (Wildman–Crippen MR) is 72.2 cm³/mol. The predicted octanol–water partition coefficient (Wildman–Crippen LogP) is 2.52. The van der Waals surface area contributed by atoms with E-state index in [-0.39, 0.29) is 11.7 Å². The van der Waals surface area contributed by atoms with E-state index < -0.39 is 11.0 Å². The number of benzene rings is 1. The molecule has 0 aliphatic carbocycles. The number of hydrogen-bond donors (Lipinski definition) is 1. The van der Waals surface area contributed by atoms with Gasteiger partial charge in [0, 0.05) is 24.2 Å². The van der Waals surface area contributed by atoms with Gasteiger partial charge in [0.2, 0.25) is 0 Å². The van der Waals surface area contributed by atoms with Crippen molar-refractivity contribution in [3.8, 4) is 0 Å². The lowest BCUT2D eigenvalue weighted by molar-refractivity contribution is -0.384. The highest BCUT2D eigenvalue weighted by molar-refractivity contribution is 5.83. The maximum atomic E-state index is 11.5. The third-order valence-electron chi connectivity index (χ3n) is 2.63. The summed E-state index contributed by atoms with van der Waals surface area (Å²) in [4.78, 5) is 21.7. The van der Waals surface area contributed by atoms with Gasteiger partial charge >= 0.3 is 5.97 Å². The number of rotatable bonds is 3. The van der Waals surface area contributed by atoms with Crippen molar-refractivity contribution in [3.05, 3.63) is 33.9 Å². The largest absolute Gasteiger partial charge is 0.464 e. The summed E-state index contributed by atoms with van der Waals surface area (Å²) in [5.74, 6) is -0.327. The van der Waals surface area contributed by atoms with E-state index in [2.05, 4.69) is 5.32 Å². The average molecular weight is 266 g/mol. The number of fused-ring (bicyclic) bond motifs is 1. The number of nitrogens with zero attached hydrogens (tertiary/aromatic N) is 1. The second kappa shape index (κ2) is 6.72. The molecule has 0 saturated carbocycles. The van der Waals surface area contributed by atoms with Crippen molar-refractivity contribution < 1.29 is 14.5 Å². The first-order chi connectivity index (χ1) is 9.11. The molecule has 1 atom stereocenters. The molecule has 0 spiro atoms.